The first-order valence-electron chi connectivity index (χ1n) is 10.3. The van der Waals surface area contributed by atoms with Crippen LogP contribution in [0.3, 0.4) is 0 Å². The number of para-hydroxylation sites is 2. The molecule has 0 atom stereocenters. The van der Waals surface area contributed by atoms with E-state index in [1.54, 1.807) is 25.2 Å². The van der Waals surface area contributed by atoms with Gasteiger partial charge in [0.25, 0.3) is 11.5 Å². The predicted octanol–water partition coefficient (Wildman–Crippen LogP) is 3.48. The molecule has 1 heterocycles. The summed E-state index contributed by atoms with van der Waals surface area (Å²) in [6.07, 6.45) is 0.264. The molecule has 0 saturated heterocycles. The van der Waals surface area contributed by atoms with E-state index in [4.69, 9.17) is 4.74 Å². The van der Waals surface area contributed by atoms with Crippen molar-refractivity contribution in [3.63, 3.8) is 0 Å². The Morgan fingerprint density at radius 3 is 2.61 bits per heavy atom. The highest BCUT2D eigenvalue weighted by Crippen LogP contribution is 2.27. The molecule has 0 aliphatic carbocycles. The third-order valence-corrected chi connectivity index (χ3v) is 5.18. The normalized spacial score (nSPS) is 11.0. The van der Waals surface area contributed by atoms with E-state index in [2.05, 4.69) is 24.1 Å². The van der Waals surface area contributed by atoms with Gasteiger partial charge in [0.15, 0.2) is 6.61 Å². The van der Waals surface area contributed by atoms with Crippen LogP contribution in [0.5, 0.6) is 0 Å². The lowest BCUT2D eigenvalue weighted by Gasteiger charge is -2.16. The third-order valence-electron chi connectivity index (χ3n) is 5.18. The summed E-state index contributed by atoms with van der Waals surface area (Å²) in [5, 5.41) is 3.38. The fourth-order valence-corrected chi connectivity index (χ4v) is 3.44. The second kappa shape index (κ2) is 9.55. The zero-order valence-corrected chi connectivity index (χ0v) is 18.3. The first kappa shape index (κ1) is 22.2. The smallest absolute Gasteiger partial charge is 0.306 e. The second-order valence-corrected chi connectivity index (χ2v) is 7.81. The summed E-state index contributed by atoms with van der Waals surface area (Å²) in [6, 6.07) is 12.9. The van der Waals surface area contributed by atoms with Crippen LogP contribution in [0.25, 0.3) is 10.9 Å². The van der Waals surface area contributed by atoms with E-state index in [-0.39, 0.29) is 36.8 Å². The van der Waals surface area contributed by atoms with Gasteiger partial charge in [0.05, 0.1) is 17.3 Å². The Kier molecular flexibility index (Phi) is 6.84. The molecule has 0 fully saturated rings. The standard InChI is InChI=1S/C24H27N3O4/c1-15(2)17-10-7-8-16(3)23(17)26-21(28)14-31-22(29)13-12-20-25-19-11-6-5-9-18(19)24(30)27(20)4/h5-11,15H,12-14H2,1-4H3,(H,26,28). The van der Waals surface area contributed by atoms with Crippen LogP contribution in [0.15, 0.2) is 47.3 Å². The fourth-order valence-electron chi connectivity index (χ4n) is 3.44. The van der Waals surface area contributed by atoms with Gasteiger partial charge in [0.1, 0.15) is 5.82 Å². The average molecular weight is 421 g/mol. The molecule has 162 valence electrons. The number of carbonyl (C=O) groups is 2. The van der Waals surface area contributed by atoms with Crippen molar-refractivity contribution in [3.05, 3.63) is 69.8 Å². The fraction of sp³-hybridized carbons (Fsp3) is 0.333. The van der Waals surface area contributed by atoms with Gasteiger partial charge in [-0.1, -0.05) is 44.2 Å². The number of esters is 1. The summed E-state index contributed by atoms with van der Waals surface area (Å²) < 4.78 is 6.57. The van der Waals surface area contributed by atoms with Crippen molar-refractivity contribution in [2.75, 3.05) is 11.9 Å². The maximum absolute atomic E-state index is 12.4. The minimum absolute atomic E-state index is 0.0213. The van der Waals surface area contributed by atoms with E-state index in [0.29, 0.717) is 16.7 Å². The average Bonchev–Trinajstić information content (AvgIpc) is 2.75. The van der Waals surface area contributed by atoms with Crippen LogP contribution in [0.1, 0.15) is 43.1 Å². The number of benzene rings is 2. The highest BCUT2D eigenvalue weighted by molar-refractivity contribution is 5.94. The molecule has 7 heteroatoms. The van der Waals surface area contributed by atoms with Crippen LogP contribution >= 0.6 is 0 Å². The second-order valence-electron chi connectivity index (χ2n) is 7.81. The lowest BCUT2D eigenvalue weighted by molar-refractivity contribution is -0.147. The molecule has 2 aromatic carbocycles. The molecule has 1 amide bonds. The molecule has 3 rings (SSSR count). The van der Waals surface area contributed by atoms with Gasteiger partial charge >= 0.3 is 5.97 Å². The van der Waals surface area contributed by atoms with E-state index in [9.17, 15) is 14.4 Å². The molecule has 0 aliphatic rings. The van der Waals surface area contributed by atoms with Crippen LogP contribution < -0.4 is 10.9 Å². The van der Waals surface area contributed by atoms with Crippen molar-refractivity contribution in [3.8, 4) is 0 Å². The minimum atomic E-state index is -0.522. The summed E-state index contributed by atoms with van der Waals surface area (Å²) in [7, 11) is 1.63. The van der Waals surface area contributed by atoms with Gasteiger partial charge in [-0.3, -0.25) is 19.0 Å². The zero-order valence-electron chi connectivity index (χ0n) is 18.3. The van der Waals surface area contributed by atoms with Gasteiger partial charge < -0.3 is 10.1 Å². The molecule has 7 nitrogen and oxygen atoms in total. The number of nitrogens with zero attached hydrogens (tertiary/aromatic N) is 2. The van der Waals surface area contributed by atoms with Crippen molar-refractivity contribution in [2.24, 2.45) is 7.05 Å². The van der Waals surface area contributed by atoms with E-state index < -0.39 is 5.97 Å². The van der Waals surface area contributed by atoms with Crippen molar-refractivity contribution in [1.82, 2.24) is 9.55 Å². The Bertz CT molecular complexity index is 1180. The van der Waals surface area contributed by atoms with Gasteiger partial charge in [0.2, 0.25) is 0 Å². The zero-order chi connectivity index (χ0) is 22.5. The highest BCUT2D eigenvalue weighted by atomic mass is 16.5. The largest absolute Gasteiger partial charge is 0.456 e. The Morgan fingerprint density at radius 2 is 1.87 bits per heavy atom. The number of rotatable bonds is 7. The SMILES string of the molecule is Cc1cccc(C(C)C)c1NC(=O)COC(=O)CCc1nc2ccccc2c(=O)n1C. The van der Waals surface area contributed by atoms with Crippen molar-refractivity contribution in [2.45, 2.75) is 39.5 Å². The molecule has 1 aromatic heterocycles. The molecular weight excluding hydrogens is 394 g/mol. The number of hydrogen-bond donors (Lipinski definition) is 1. The van der Waals surface area contributed by atoms with E-state index >= 15 is 0 Å². The predicted molar refractivity (Wildman–Crippen MR) is 120 cm³/mol. The summed E-state index contributed by atoms with van der Waals surface area (Å²) in [6.45, 7) is 5.67. The molecular formula is C24H27N3O4. The monoisotopic (exact) mass is 421 g/mol. The number of nitrogens with one attached hydrogen (secondary N) is 1. The van der Waals surface area contributed by atoms with Gasteiger partial charge in [-0.15, -0.1) is 0 Å². The van der Waals surface area contributed by atoms with Crippen LogP contribution in [0.2, 0.25) is 0 Å². The van der Waals surface area contributed by atoms with E-state index in [0.717, 1.165) is 16.8 Å². The van der Waals surface area contributed by atoms with Gasteiger partial charge in [-0.05, 0) is 36.1 Å². The van der Waals surface area contributed by atoms with Gasteiger partial charge in [-0.25, -0.2) is 4.98 Å². The van der Waals surface area contributed by atoms with Crippen LogP contribution in [-0.2, 0) is 27.8 Å². The molecule has 0 bridgehead atoms. The number of fused-ring (bicyclic) bond motifs is 1. The maximum Gasteiger partial charge on any atom is 0.306 e. The van der Waals surface area contributed by atoms with Crippen LogP contribution in [-0.4, -0.2) is 28.0 Å². The van der Waals surface area contributed by atoms with Crippen molar-refractivity contribution < 1.29 is 14.3 Å². The topological polar surface area (TPSA) is 90.3 Å². The molecule has 3 aromatic rings. The first-order valence-corrected chi connectivity index (χ1v) is 10.3. The molecule has 0 saturated carbocycles. The van der Waals surface area contributed by atoms with Crippen molar-refractivity contribution in [1.29, 1.82) is 0 Å². The Labute approximate surface area is 181 Å². The van der Waals surface area contributed by atoms with E-state index in [1.807, 2.05) is 31.2 Å². The van der Waals surface area contributed by atoms with E-state index in [1.165, 1.54) is 4.57 Å². The third kappa shape index (κ3) is 5.17. The number of anilines is 1. The van der Waals surface area contributed by atoms with Crippen LogP contribution in [0, 0.1) is 6.92 Å². The van der Waals surface area contributed by atoms with Crippen molar-refractivity contribution >= 4 is 28.5 Å². The maximum atomic E-state index is 12.4. The van der Waals surface area contributed by atoms with Crippen LogP contribution in [0.4, 0.5) is 5.69 Å². The molecule has 0 unspecified atom stereocenters. The Hall–Kier alpha value is -3.48. The van der Waals surface area contributed by atoms with Gasteiger partial charge in [-0.2, -0.15) is 0 Å². The quantitative estimate of drug-likeness (QED) is 0.590. The Balaban J connectivity index is 1.58. The number of amides is 1. The first-order chi connectivity index (χ1) is 14.8. The number of hydrogen-bond acceptors (Lipinski definition) is 5. The molecule has 1 N–H and O–H groups in total. The number of ether oxygens (including phenoxy) is 1. The Morgan fingerprint density at radius 1 is 1.13 bits per heavy atom. The molecule has 31 heavy (non-hydrogen) atoms. The number of aryl methyl sites for hydroxylation is 2. The molecule has 0 aliphatic heterocycles. The van der Waals surface area contributed by atoms with Gasteiger partial charge in [0, 0.05) is 19.2 Å². The lowest BCUT2D eigenvalue weighted by Crippen LogP contribution is -2.24. The number of carbonyl (C=O) groups excluding carboxylic acids is 2. The number of aromatic nitrogens is 2. The minimum Gasteiger partial charge on any atom is -0.456 e. The summed E-state index contributed by atoms with van der Waals surface area (Å²) >= 11 is 0. The molecule has 0 radical (unpaired) electrons. The molecule has 0 spiro atoms. The summed E-state index contributed by atoms with van der Waals surface area (Å²) in [5.74, 6) is -0.169. The summed E-state index contributed by atoms with van der Waals surface area (Å²) in [4.78, 5) is 41.4. The highest BCUT2D eigenvalue weighted by Gasteiger charge is 2.15. The lowest BCUT2D eigenvalue weighted by atomic mass is 9.98. The summed E-state index contributed by atoms with van der Waals surface area (Å²) in [5.41, 5.74) is 3.17.